The number of nitrogens with zero attached hydrogens (tertiary/aromatic N) is 2. The molecule has 0 spiro atoms. The lowest BCUT2D eigenvalue weighted by molar-refractivity contribution is 0.456. The molecule has 1 aromatic rings. The van der Waals surface area contributed by atoms with Crippen molar-refractivity contribution in [3.8, 4) is 5.75 Å². The Bertz CT molecular complexity index is 230. The van der Waals surface area contributed by atoms with Crippen LogP contribution < -0.4 is 0 Å². The molecule has 1 N–H and O–H groups in total. The van der Waals surface area contributed by atoms with Crippen LogP contribution in [0.5, 0.6) is 5.75 Å². The highest BCUT2D eigenvalue weighted by molar-refractivity contribution is 6.30. The standard InChI is InChI=1S/C4H2ClFN2O/c5-3-2(9)1-7-4(6)8-3/h1,9H. The van der Waals surface area contributed by atoms with Gasteiger partial charge in [0, 0.05) is 0 Å². The van der Waals surface area contributed by atoms with Crippen LogP contribution in [0.2, 0.25) is 5.15 Å². The van der Waals surface area contributed by atoms with E-state index in [-0.39, 0.29) is 10.9 Å². The van der Waals surface area contributed by atoms with Crippen molar-refractivity contribution >= 4 is 11.6 Å². The molecule has 5 heteroatoms. The van der Waals surface area contributed by atoms with E-state index in [9.17, 15) is 4.39 Å². The number of aromatic nitrogens is 2. The second-order valence-corrected chi connectivity index (χ2v) is 1.67. The molecule has 3 nitrogen and oxygen atoms in total. The summed E-state index contributed by atoms with van der Waals surface area (Å²) in [5.74, 6) is -0.321. The van der Waals surface area contributed by atoms with Crippen LogP contribution in [0, 0.1) is 6.08 Å². The third-order valence-electron chi connectivity index (χ3n) is 0.695. The predicted octanol–water partition coefficient (Wildman–Crippen LogP) is 0.975. The Balaban J connectivity index is 3.17. The summed E-state index contributed by atoms with van der Waals surface area (Å²) in [6.45, 7) is 0. The van der Waals surface area contributed by atoms with Gasteiger partial charge in [-0.2, -0.15) is 9.37 Å². The van der Waals surface area contributed by atoms with Gasteiger partial charge in [0.05, 0.1) is 6.20 Å². The van der Waals surface area contributed by atoms with E-state index in [0.29, 0.717) is 0 Å². The topological polar surface area (TPSA) is 46.0 Å². The second kappa shape index (κ2) is 2.14. The molecule has 0 bridgehead atoms. The van der Waals surface area contributed by atoms with Gasteiger partial charge in [0.15, 0.2) is 10.9 Å². The molecule has 0 aliphatic heterocycles. The summed E-state index contributed by atoms with van der Waals surface area (Å²) in [4.78, 5) is 6.04. The fraction of sp³-hybridized carbons (Fsp3) is 0. The lowest BCUT2D eigenvalue weighted by atomic mass is 10.6. The summed E-state index contributed by atoms with van der Waals surface area (Å²) in [7, 11) is 0. The van der Waals surface area contributed by atoms with Gasteiger partial charge in [-0.25, -0.2) is 4.98 Å². The van der Waals surface area contributed by atoms with Crippen LogP contribution in [-0.2, 0) is 0 Å². The molecule has 1 heterocycles. The first kappa shape index (κ1) is 6.22. The maximum atomic E-state index is 11.9. The van der Waals surface area contributed by atoms with Crippen molar-refractivity contribution in [2.75, 3.05) is 0 Å². The first-order valence-corrected chi connectivity index (χ1v) is 2.45. The average Bonchev–Trinajstić information content (AvgIpc) is 1.80. The Morgan fingerprint density at radius 3 is 2.78 bits per heavy atom. The molecular formula is C4H2ClFN2O. The fourth-order valence-electron chi connectivity index (χ4n) is 0.335. The van der Waals surface area contributed by atoms with Crippen molar-refractivity contribution in [2.24, 2.45) is 0 Å². The largest absolute Gasteiger partial charge is 0.504 e. The van der Waals surface area contributed by atoms with Crippen LogP contribution in [-0.4, -0.2) is 15.1 Å². The number of hydrogen-bond acceptors (Lipinski definition) is 3. The van der Waals surface area contributed by atoms with E-state index in [2.05, 4.69) is 9.97 Å². The fourth-order valence-corrected chi connectivity index (χ4v) is 0.453. The zero-order valence-electron chi connectivity index (χ0n) is 4.17. The van der Waals surface area contributed by atoms with Crippen LogP contribution in [0.4, 0.5) is 4.39 Å². The van der Waals surface area contributed by atoms with E-state index < -0.39 is 6.08 Å². The third kappa shape index (κ3) is 1.26. The quantitative estimate of drug-likeness (QED) is 0.441. The van der Waals surface area contributed by atoms with E-state index in [4.69, 9.17) is 16.7 Å². The first-order chi connectivity index (χ1) is 4.20. The first-order valence-electron chi connectivity index (χ1n) is 2.07. The summed E-state index contributed by atoms with van der Waals surface area (Å²) < 4.78 is 11.9. The third-order valence-corrected chi connectivity index (χ3v) is 0.973. The predicted molar refractivity (Wildman–Crippen MR) is 28.7 cm³/mol. The molecule has 0 unspecified atom stereocenters. The van der Waals surface area contributed by atoms with Crippen molar-refractivity contribution in [3.05, 3.63) is 17.4 Å². The van der Waals surface area contributed by atoms with E-state index in [0.717, 1.165) is 6.20 Å². The molecule has 0 aromatic carbocycles. The molecule has 0 atom stereocenters. The van der Waals surface area contributed by atoms with Gasteiger partial charge in [0.1, 0.15) is 0 Å². The van der Waals surface area contributed by atoms with Gasteiger partial charge in [-0.05, 0) is 0 Å². The van der Waals surface area contributed by atoms with E-state index >= 15 is 0 Å². The number of rotatable bonds is 0. The van der Waals surface area contributed by atoms with Crippen LogP contribution in [0.25, 0.3) is 0 Å². The van der Waals surface area contributed by atoms with Crippen molar-refractivity contribution in [3.63, 3.8) is 0 Å². The Morgan fingerprint density at radius 2 is 2.33 bits per heavy atom. The molecule has 0 radical (unpaired) electrons. The molecule has 9 heavy (non-hydrogen) atoms. The van der Waals surface area contributed by atoms with Gasteiger partial charge in [-0.3, -0.25) is 0 Å². The van der Waals surface area contributed by atoms with E-state index in [1.165, 1.54) is 0 Å². The maximum Gasteiger partial charge on any atom is 0.310 e. The summed E-state index contributed by atoms with van der Waals surface area (Å²) in [6.07, 6.45) is -0.0530. The van der Waals surface area contributed by atoms with Crippen molar-refractivity contribution < 1.29 is 9.50 Å². The maximum absolute atomic E-state index is 11.9. The van der Waals surface area contributed by atoms with Crippen molar-refractivity contribution in [2.45, 2.75) is 0 Å². The van der Waals surface area contributed by atoms with Gasteiger partial charge in [0.2, 0.25) is 0 Å². The molecule has 0 amide bonds. The summed E-state index contributed by atoms with van der Waals surface area (Å²) in [5, 5.41) is 8.34. The molecule has 1 aromatic heterocycles. The zero-order chi connectivity index (χ0) is 6.85. The minimum absolute atomic E-state index is 0.275. The second-order valence-electron chi connectivity index (χ2n) is 1.32. The highest BCUT2D eigenvalue weighted by Gasteiger charge is 2.00. The lowest BCUT2D eigenvalue weighted by Gasteiger charge is -1.90. The van der Waals surface area contributed by atoms with Crippen LogP contribution in [0.1, 0.15) is 0 Å². The van der Waals surface area contributed by atoms with Crippen LogP contribution >= 0.6 is 11.6 Å². The van der Waals surface area contributed by atoms with Gasteiger partial charge >= 0.3 is 6.08 Å². The minimum Gasteiger partial charge on any atom is -0.504 e. The highest BCUT2D eigenvalue weighted by atomic mass is 35.5. The Kier molecular flexibility index (Phi) is 1.48. The van der Waals surface area contributed by atoms with Crippen LogP contribution in [0.3, 0.4) is 0 Å². The lowest BCUT2D eigenvalue weighted by Crippen LogP contribution is -1.86. The van der Waals surface area contributed by atoms with Gasteiger partial charge in [-0.1, -0.05) is 11.6 Å². The molecule has 0 saturated carbocycles. The molecule has 0 aliphatic carbocycles. The number of hydrogen-bond donors (Lipinski definition) is 1. The Hall–Kier alpha value is -0.900. The molecule has 0 aliphatic rings. The van der Waals surface area contributed by atoms with E-state index in [1.807, 2.05) is 0 Å². The highest BCUT2D eigenvalue weighted by Crippen LogP contribution is 2.16. The molecule has 48 valence electrons. The summed E-state index contributed by atoms with van der Waals surface area (Å²) in [6, 6.07) is 0. The molecule has 0 fully saturated rings. The summed E-state index contributed by atoms with van der Waals surface area (Å²) in [5.41, 5.74) is 0. The SMILES string of the molecule is Oc1cnc(F)nc1Cl. The van der Waals surface area contributed by atoms with Crippen LogP contribution in [0.15, 0.2) is 6.20 Å². The van der Waals surface area contributed by atoms with Gasteiger partial charge in [-0.15, -0.1) is 0 Å². The summed E-state index contributed by atoms with van der Waals surface area (Å²) >= 11 is 5.17. The monoisotopic (exact) mass is 148 g/mol. The molecule has 1 rings (SSSR count). The molecule has 0 saturated heterocycles. The normalized spacial score (nSPS) is 9.56. The van der Waals surface area contributed by atoms with Crippen molar-refractivity contribution in [1.82, 2.24) is 9.97 Å². The Labute approximate surface area is 55.1 Å². The van der Waals surface area contributed by atoms with E-state index in [1.54, 1.807) is 0 Å². The number of aromatic hydroxyl groups is 1. The molecular weight excluding hydrogens is 147 g/mol. The minimum atomic E-state index is -0.946. The van der Waals surface area contributed by atoms with Gasteiger partial charge in [0.25, 0.3) is 0 Å². The van der Waals surface area contributed by atoms with Crippen molar-refractivity contribution in [1.29, 1.82) is 0 Å². The number of halogens is 2. The zero-order valence-corrected chi connectivity index (χ0v) is 4.93. The van der Waals surface area contributed by atoms with Gasteiger partial charge < -0.3 is 5.11 Å². The smallest absolute Gasteiger partial charge is 0.310 e. The average molecular weight is 149 g/mol. The Morgan fingerprint density at radius 1 is 1.67 bits per heavy atom.